The highest BCUT2D eigenvalue weighted by Crippen LogP contribution is 2.53. The van der Waals surface area contributed by atoms with Gasteiger partial charge in [0.05, 0.1) is 0 Å². The Balaban J connectivity index is 4.49. The minimum Gasteiger partial charge on any atom is -0.289 e. The highest BCUT2D eigenvalue weighted by molar-refractivity contribution is 7.86. The van der Waals surface area contributed by atoms with Crippen molar-refractivity contribution in [2.45, 2.75) is 39.8 Å². The fourth-order valence-corrected chi connectivity index (χ4v) is 4.12. The molecule has 2 nitrogen and oxygen atoms in total. The zero-order valence-electron chi connectivity index (χ0n) is 7.84. The van der Waals surface area contributed by atoms with E-state index in [9.17, 15) is 4.57 Å². The molecule has 0 heterocycles. The average Bonchev–Trinajstić information content (AvgIpc) is 1.54. The maximum atomic E-state index is 11.5. The lowest BCUT2D eigenvalue weighted by Crippen LogP contribution is -2.32. The van der Waals surface area contributed by atoms with Gasteiger partial charge in [0.15, 0.2) is 0 Å². The van der Waals surface area contributed by atoms with Crippen molar-refractivity contribution in [2.24, 2.45) is 0 Å². The van der Waals surface area contributed by atoms with Crippen LogP contribution >= 0.6 is 17.9 Å². The lowest BCUT2D eigenvalue weighted by Gasteiger charge is -2.31. The van der Waals surface area contributed by atoms with E-state index in [-0.39, 0.29) is 12.1 Å². The van der Waals surface area contributed by atoms with Crippen molar-refractivity contribution < 1.29 is 4.57 Å². The maximum absolute atomic E-state index is 11.5. The molecule has 11 heavy (non-hydrogen) atoms. The Morgan fingerprint density at radius 3 is 1.45 bits per heavy atom. The van der Waals surface area contributed by atoms with Crippen LogP contribution in [0.1, 0.15) is 27.7 Å². The van der Waals surface area contributed by atoms with Crippen molar-refractivity contribution in [1.29, 1.82) is 0 Å². The van der Waals surface area contributed by atoms with Crippen LogP contribution in [0, 0.1) is 0 Å². The van der Waals surface area contributed by atoms with Crippen LogP contribution in [0.2, 0.25) is 0 Å². The van der Waals surface area contributed by atoms with Gasteiger partial charge in [0.25, 0.3) is 0 Å². The Bertz CT molecular complexity index is 156. The molecular formula is C7H17ClNOP. The summed E-state index contributed by atoms with van der Waals surface area (Å²) in [6.45, 7) is 7.00. The van der Waals surface area contributed by atoms with Gasteiger partial charge in [-0.05, 0) is 38.9 Å². The molecular weight excluding hydrogens is 181 g/mol. The molecule has 0 rings (SSSR count). The van der Waals surface area contributed by atoms with Crippen molar-refractivity contribution in [2.75, 3.05) is 6.66 Å². The van der Waals surface area contributed by atoms with Gasteiger partial charge in [-0.15, -0.1) is 0 Å². The fraction of sp³-hybridized carbons (Fsp3) is 1.00. The van der Waals surface area contributed by atoms with Gasteiger partial charge in [0.1, 0.15) is 0 Å². The fourth-order valence-electron chi connectivity index (χ4n) is 1.42. The summed E-state index contributed by atoms with van der Waals surface area (Å²) in [4.78, 5) is 0. The monoisotopic (exact) mass is 197 g/mol. The summed E-state index contributed by atoms with van der Waals surface area (Å²) in [5.74, 6) is 0. The molecule has 4 heteroatoms. The molecule has 0 aromatic rings. The van der Waals surface area contributed by atoms with Crippen LogP contribution in [0.5, 0.6) is 0 Å². The van der Waals surface area contributed by atoms with Crippen molar-refractivity contribution >= 4 is 17.9 Å². The molecule has 0 amide bonds. The predicted molar refractivity (Wildman–Crippen MR) is 51.5 cm³/mol. The molecule has 0 aliphatic rings. The second-order valence-electron chi connectivity index (χ2n) is 3.35. The van der Waals surface area contributed by atoms with E-state index in [0.717, 1.165) is 0 Å². The lowest BCUT2D eigenvalue weighted by molar-refractivity contribution is 0.308. The van der Waals surface area contributed by atoms with Crippen molar-refractivity contribution in [3.05, 3.63) is 0 Å². The minimum absolute atomic E-state index is 0.239. The smallest absolute Gasteiger partial charge is 0.232 e. The van der Waals surface area contributed by atoms with E-state index in [1.54, 1.807) is 6.66 Å². The van der Waals surface area contributed by atoms with E-state index in [1.807, 2.05) is 32.4 Å². The Kier molecular flexibility index (Phi) is 4.10. The van der Waals surface area contributed by atoms with E-state index in [1.165, 1.54) is 0 Å². The molecule has 68 valence electrons. The van der Waals surface area contributed by atoms with Gasteiger partial charge in [0.2, 0.25) is 6.65 Å². The Labute approximate surface area is 74.1 Å². The van der Waals surface area contributed by atoms with Gasteiger partial charge < -0.3 is 0 Å². The van der Waals surface area contributed by atoms with Crippen LogP contribution in [0.15, 0.2) is 0 Å². The Hall–Kier alpha value is 0.480. The first-order chi connectivity index (χ1) is 4.76. The highest BCUT2D eigenvalue weighted by atomic mass is 35.7. The van der Waals surface area contributed by atoms with Gasteiger partial charge in [-0.2, -0.15) is 0 Å². The summed E-state index contributed by atoms with van der Waals surface area (Å²) >= 11 is 5.77. The number of nitrogens with zero attached hydrogens (tertiary/aromatic N) is 1. The number of hydrogen-bond acceptors (Lipinski definition) is 1. The van der Waals surface area contributed by atoms with Crippen LogP contribution in [0.25, 0.3) is 0 Å². The maximum Gasteiger partial charge on any atom is 0.232 e. The molecule has 0 aliphatic carbocycles. The first-order valence-corrected chi connectivity index (χ1v) is 6.84. The third-order valence-electron chi connectivity index (χ3n) is 1.47. The molecule has 0 bridgehead atoms. The molecule has 0 aromatic heterocycles. The summed E-state index contributed by atoms with van der Waals surface area (Å²) in [6, 6.07) is 0.478. The molecule has 0 spiro atoms. The third-order valence-corrected chi connectivity index (χ3v) is 3.74. The standard InChI is InChI=1S/C7H17ClNOP/c1-6(2)9(7(3)4)11(5,8)10/h6-7H,1-5H3/t11-/m0/s1. The van der Waals surface area contributed by atoms with E-state index in [2.05, 4.69) is 0 Å². The van der Waals surface area contributed by atoms with Gasteiger partial charge in [-0.1, -0.05) is 0 Å². The van der Waals surface area contributed by atoms with Crippen molar-refractivity contribution in [3.8, 4) is 0 Å². The number of rotatable bonds is 3. The summed E-state index contributed by atoms with van der Waals surface area (Å²) in [7, 11) is 0. The Morgan fingerprint density at radius 1 is 1.18 bits per heavy atom. The Morgan fingerprint density at radius 2 is 1.45 bits per heavy atom. The summed E-state index contributed by atoms with van der Waals surface area (Å²) < 4.78 is 13.3. The molecule has 0 fully saturated rings. The summed E-state index contributed by atoms with van der Waals surface area (Å²) in [5, 5.41) is 0. The normalized spacial score (nSPS) is 17.9. The zero-order chi connectivity index (χ0) is 9.23. The molecule has 0 saturated carbocycles. The topological polar surface area (TPSA) is 20.3 Å². The van der Waals surface area contributed by atoms with Crippen molar-refractivity contribution in [3.63, 3.8) is 0 Å². The van der Waals surface area contributed by atoms with E-state index >= 15 is 0 Å². The SMILES string of the molecule is CC(C)N(C(C)C)[P@@](C)(=O)Cl. The molecule has 0 radical (unpaired) electrons. The first kappa shape index (κ1) is 11.5. The molecule has 0 saturated heterocycles. The van der Waals surface area contributed by atoms with Crippen LogP contribution in [0.4, 0.5) is 0 Å². The van der Waals surface area contributed by atoms with Crippen LogP contribution in [-0.4, -0.2) is 23.4 Å². The average molecular weight is 198 g/mol. The molecule has 0 aliphatic heterocycles. The minimum atomic E-state index is -2.58. The predicted octanol–water partition coefficient (Wildman–Crippen LogP) is 3.17. The second kappa shape index (κ2) is 3.93. The van der Waals surface area contributed by atoms with Crippen LogP contribution in [0.3, 0.4) is 0 Å². The molecule has 0 aromatic carbocycles. The summed E-state index contributed by atoms with van der Waals surface area (Å²) in [6.07, 6.45) is 0. The number of halogens is 1. The summed E-state index contributed by atoms with van der Waals surface area (Å²) in [5.41, 5.74) is 0. The largest absolute Gasteiger partial charge is 0.289 e. The van der Waals surface area contributed by atoms with Gasteiger partial charge >= 0.3 is 0 Å². The van der Waals surface area contributed by atoms with E-state index < -0.39 is 6.65 Å². The van der Waals surface area contributed by atoms with Crippen LogP contribution in [-0.2, 0) is 4.57 Å². The molecule has 0 unspecified atom stereocenters. The van der Waals surface area contributed by atoms with Gasteiger partial charge in [0, 0.05) is 18.7 Å². The first-order valence-electron chi connectivity index (χ1n) is 3.82. The highest BCUT2D eigenvalue weighted by Gasteiger charge is 2.27. The molecule has 0 N–H and O–H groups in total. The second-order valence-corrected chi connectivity index (χ2v) is 7.24. The zero-order valence-corrected chi connectivity index (χ0v) is 9.49. The van der Waals surface area contributed by atoms with E-state index in [4.69, 9.17) is 11.2 Å². The van der Waals surface area contributed by atoms with Gasteiger partial charge in [-0.25, -0.2) is 4.67 Å². The van der Waals surface area contributed by atoms with Crippen LogP contribution < -0.4 is 0 Å². The van der Waals surface area contributed by atoms with Gasteiger partial charge in [-0.3, -0.25) is 4.57 Å². The van der Waals surface area contributed by atoms with Crippen molar-refractivity contribution in [1.82, 2.24) is 4.67 Å². The molecule has 1 atom stereocenters. The lowest BCUT2D eigenvalue weighted by atomic mass is 10.3. The third kappa shape index (κ3) is 3.59. The van der Waals surface area contributed by atoms with E-state index in [0.29, 0.717) is 0 Å². The number of hydrogen-bond donors (Lipinski definition) is 0. The quantitative estimate of drug-likeness (QED) is 0.648.